The number of thiazole rings is 1. The molecule has 1 aliphatic carbocycles. The van der Waals surface area contributed by atoms with Crippen molar-refractivity contribution in [3.63, 3.8) is 0 Å². The van der Waals surface area contributed by atoms with E-state index in [1.54, 1.807) is 26.4 Å². The van der Waals surface area contributed by atoms with Crippen molar-refractivity contribution >= 4 is 44.2 Å². The summed E-state index contributed by atoms with van der Waals surface area (Å²) in [4.78, 5) is 42.7. The third-order valence-electron chi connectivity index (χ3n) is 6.90. The molecule has 41 heavy (non-hydrogen) atoms. The molecule has 1 aliphatic rings. The van der Waals surface area contributed by atoms with Crippen molar-refractivity contribution in [2.45, 2.75) is 25.8 Å². The number of rotatable bonds is 8. The molecule has 3 aromatic carbocycles. The van der Waals surface area contributed by atoms with Crippen LogP contribution in [0.2, 0.25) is 0 Å². The van der Waals surface area contributed by atoms with Gasteiger partial charge in [0.1, 0.15) is 0 Å². The highest BCUT2D eigenvalue weighted by atomic mass is 32.1. The lowest BCUT2D eigenvalue weighted by molar-refractivity contribution is -0.119. The summed E-state index contributed by atoms with van der Waals surface area (Å²) in [6, 6.07) is 14.0. The number of amides is 2. The molecule has 5 rings (SSSR count). The van der Waals surface area contributed by atoms with E-state index in [1.165, 1.54) is 31.4 Å². The van der Waals surface area contributed by atoms with Crippen molar-refractivity contribution in [3.05, 3.63) is 69.9 Å². The lowest BCUT2D eigenvalue weighted by atomic mass is 9.95. The van der Waals surface area contributed by atoms with Gasteiger partial charge < -0.3 is 30.2 Å². The van der Waals surface area contributed by atoms with Gasteiger partial charge in [-0.15, -0.1) is 0 Å². The molecule has 0 radical (unpaired) electrons. The highest BCUT2D eigenvalue weighted by Crippen LogP contribution is 2.50. The van der Waals surface area contributed by atoms with E-state index in [0.29, 0.717) is 46.3 Å². The third kappa shape index (κ3) is 5.66. The Morgan fingerprint density at radius 2 is 1.80 bits per heavy atom. The second-order valence-corrected chi connectivity index (χ2v) is 10.5. The van der Waals surface area contributed by atoms with E-state index < -0.39 is 6.04 Å². The van der Waals surface area contributed by atoms with Crippen LogP contribution < -0.4 is 35.6 Å². The SMILES string of the molecule is COc1cc2c(c(OC)c1OC)-c1ccc(NCC(=O)Nc3nc4ccccc4s3)c(=O)cc1[C@H](NC(C)=O)CC2. The number of aryl methyl sites for hydroxylation is 1. The van der Waals surface area contributed by atoms with Crippen LogP contribution in [0.4, 0.5) is 10.8 Å². The van der Waals surface area contributed by atoms with E-state index in [4.69, 9.17) is 14.2 Å². The molecular formula is C30H30N4O6S. The summed E-state index contributed by atoms with van der Waals surface area (Å²) in [6.07, 6.45) is 1.15. The number of carbonyl (C=O) groups is 2. The fraction of sp³-hybridized carbons (Fsp3) is 0.267. The van der Waals surface area contributed by atoms with E-state index in [1.807, 2.05) is 30.3 Å². The van der Waals surface area contributed by atoms with Gasteiger partial charge in [0.25, 0.3) is 0 Å². The van der Waals surface area contributed by atoms with E-state index >= 15 is 0 Å². The smallest absolute Gasteiger partial charge is 0.245 e. The number of ether oxygens (including phenoxy) is 3. The lowest BCUT2D eigenvalue weighted by Gasteiger charge is -2.19. The molecule has 212 valence electrons. The number of hydrogen-bond acceptors (Lipinski definition) is 9. The summed E-state index contributed by atoms with van der Waals surface area (Å²) < 4.78 is 18.0. The molecule has 0 aliphatic heterocycles. The Morgan fingerprint density at radius 1 is 1.02 bits per heavy atom. The topological polar surface area (TPSA) is 128 Å². The van der Waals surface area contributed by atoms with Gasteiger partial charge in [-0.05, 0) is 59.9 Å². The molecule has 1 atom stereocenters. The third-order valence-corrected chi connectivity index (χ3v) is 7.85. The average molecular weight is 575 g/mol. The number of para-hydroxylation sites is 1. The first-order valence-corrected chi connectivity index (χ1v) is 13.8. The van der Waals surface area contributed by atoms with Crippen LogP contribution in [0.25, 0.3) is 21.3 Å². The number of carbonyl (C=O) groups excluding carboxylic acids is 2. The van der Waals surface area contributed by atoms with Crippen LogP contribution in [0.15, 0.2) is 53.3 Å². The highest BCUT2D eigenvalue weighted by molar-refractivity contribution is 7.22. The molecule has 0 unspecified atom stereocenters. The summed E-state index contributed by atoms with van der Waals surface area (Å²) in [5, 5.41) is 9.22. The number of fused-ring (bicyclic) bond motifs is 4. The highest BCUT2D eigenvalue weighted by Gasteiger charge is 2.29. The first kappa shape index (κ1) is 27.9. The van der Waals surface area contributed by atoms with Gasteiger partial charge in [-0.2, -0.15) is 0 Å². The van der Waals surface area contributed by atoms with Gasteiger partial charge in [0.05, 0.1) is 49.8 Å². The monoisotopic (exact) mass is 574 g/mol. The Bertz CT molecular complexity index is 1670. The van der Waals surface area contributed by atoms with Crippen molar-refractivity contribution in [2.75, 3.05) is 38.5 Å². The number of nitrogens with one attached hydrogen (secondary N) is 3. The molecule has 3 N–H and O–H groups in total. The lowest BCUT2D eigenvalue weighted by Crippen LogP contribution is -2.27. The molecule has 1 heterocycles. The molecule has 0 bridgehead atoms. The standard InChI is InChI=1S/C30H30N4O6S/c1-16(35)32-20-11-9-17-13-24(38-2)28(39-3)29(40-4)27(17)18-10-12-21(23(36)14-19(18)20)31-15-26(37)34-30-33-22-7-5-6-8-25(22)41-30/h5-8,10,12-14,20H,9,11,15H2,1-4H3,(H,31,36)(H,32,35)(H,33,34,37)/t20-/m1/s1. The Kier molecular flexibility index (Phi) is 8.06. The summed E-state index contributed by atoms with van der Waals surface area (Å²) in [5.74, 6) is 0.870. The molecule has 4 aromatic rings. The van der Waals surface area contributed by atoms with Crippen molar-refractivity contribution in [1.82, 2.24) is 10.3 Å². The van der Waals surface area contributed by atoms with Crippen molar-refractivity contribution in [3.8, 4) is 28.4 Å². The van der Waals surface area contributed by atoms with Crippen LogP contribution in [0, 0.1) is 0 Å². The zero-order valence-electron chi connectivity index (χ0n) is 23.1. The first-order valence-electron chi connectivity index (χ1n) is 13.0. The second-order valence-electron chi connectivity index (χ2n) is 9.48. The summed E-state index contributed by atoms with van der Waals surface area (Å²) in [7, 11) is 4.64. The van der Waals surface area contributed by atoms with Gasteiger partial charge in [0, 0.05) is 12.5 Å². The number of methoxy groups -OCH3 is 3. The van der Waals surface area contributed by atoms with Gasteiger partial charge >= 0.3 is 0 Å². The predicted octanol–water partition coefficient (Wildman–Crippen LogP) is 4.52. The minimum absolute atomic E-state index is 0.139. The summed E-state index contributed by atoms with van der Waals surface area (Å²) in [6.45, 7) is 1.31. The molecule has 2 amide bonds. The van der Waals surface area contributed by atoms with E-state index in [0.717, 1.165) is 21.3 Å². The first-order chi connectivity index (χ1) is 19.8. The van der Waals surface area contributed by atoms with Gasteiger partial charge in [-0.3, -0.25) is 14.4 Å². The number of anilines is 2. The van der Waals surface area contributed by atoms with Crippen molar-refractivity contribution in [2.24, 2.45) is 0 Å². The van der Waals surface area contributed by atoms with Crippen molar-refractivity contribution in [1.29, 1.82) is 0 Å². The van der Waals surface area contributed by atoms with Gasteiger partial charge in [-0.1, -0.05) is 29.5 Å². The van der Waals surface area contributed by atoms with E-state index in [2.05, 4.69) is 20.9 Å². The molecule has 0 saturated carbocycles. The Hall–Kier alpha value is -4.64. The number of aromatic nitrogens is 1. The van der Waals surface area contributed by atoms with Gasteiger partial charge in [0.15, 0.2) is 16.6 Å². The maximum atomic E-state index is 13.4. The van der Waals surface area contributed by atoms with Crippen LogP contribution in [0.1, 0.15) is 30.5 Å². The Morgan fingerprint density at radius 3 is 2.51 bits per heavy atom. The molecule has 1 aromatic heterocycles. The zero-order valence-corrected chi connectivity index (χ0v) is 23.9. The van der Waals surface area contributed by atoms with Crippen LogP contribution in [0.5, 0.6) is 17.2 Å². The molecule has 10 nitrogen and oxygen atoms in total. The summed E-state index contributed by atoms with van der Waals surface area (Å²) in [5.41, 5.74) is 3.75. The predicted molar refractivity (Wildman–Crippen MR) is 159 cm³/mol. The normalized spacial score (nSPS) is 13.8. The fourth-order valence-electron chi connectivity index (χ4n) is 5.12. The van der Waals surface area contributed by atoms with Crippen molar-refractivity contribution < 1.29 is 23.8 Å². The van der Waals surface area contributed by atoms with E-state index in [9.17, 15) is 14.4 Å². The summed E-state index contributed by atoms with van der Waals surface area (Å²) >= 11 is 1.38. The van der Waals surface area contributed by atoms with Gasteiger partial charge in [-0.25, -0.2) is 4.98 Å². The van der Waals surface area contributed by atoms with Crippen LogP contribution in [-0.4, -0.2) is 44.7 Å². The van der Waals surface area contributed by atoms with Crippen LogP contribution in [-0.2, 0) is 16.0 Å². The Labute approximate surface area is 240 Å². The zero-order chi connectivity index (χ0) is 29.1. The van der Waals surface area contributed by atoms with Gasteiger partial charge in [0.2, 0.25) is 23.0 Å². The fourth-order valence-corrected chi connectivity index (χ4v) is 6.00. The van der Waals surface area contributed by atoms with Crippen LogP contribution >= 0.6 is 11.3 Å². The van der Waals surface area contributed by atoms with E-state index in [-0.39, 0.29) is 29.5 Å². The molecule has 0 fully saturated rings. The Balaban J connectivity index is 1.51. The molecule has 0 spiro atoms. The number of benzene rings is 2. The maximum Gasteiger partial charge on any atom is 0.245 e. The molecule has 11 heteroatoms. The van der Waals surface area contributed by atoms with Crippen LogP contribution in [0.3, 0.4) is 0 Å². The number of nitrogens with zero attached hydrogens (tertiary/aromatic N) is 1. The number of hydrogen-bond donors (Lipinski definition) is 3. The largest absolute Gasteiger partial charge is 0.493 e. The average Bonchev–Trinajstić information content (AvgIpc) is 3.22. The molecular weight excluding hydrogens is 544 g/mol. The second kappa shape index (κ2) is 11.8. The minimum atomic E-state index is -0.424. The molecule has 0 saturated heterocycles. The maximum absolute atomic E-state index is 13.4. The minimum Gasteiger partial charge on any atom is -0.493 e. The quantitative estimate of drug-likeness (QED) is 0.280.